The summed E-state index contributed by atoms with van der Waals surface area (Å²) in [4.78, 5) is 32.7. The molecule has 0 unspecified atom stereocenters. The van der Waals surface area contributed by atoms with Crippen LogP contribution in [0.2, 0.25) is 0 Å². The molecule has 120 valence electrons. The van der Waals surface area contributed by atoms with Crippen LogP contribution in [0.15, 0.2) is 10.8 Å². The Kier molecular flexibility index (Phi) is 3.70. The first kappa shape index (κ1) is 15.1. The van der Waals surface area contributed by atoms with Gasteiger partial charge < -0.3 is 14.2 Å². The van der Waals surface area contributed by atoms with E-state index < -0.39 is 0 Å². The summed E-state index contributed by atoms with van der Waals surface area (Å²) >= 11 is 0. The fourth-order valence-electron chi connectivity index (χ4n) is 4.14. The summed E-state index contributed by atoms with van der Waals surface area (Å²) < 4.78 is 5.28. The number of hydrogen-bond donors (Lipinski definition) is 0. The van der Waals surface area contributed by atoms with E-state index in [0.29, 0.717) is 18.0 Å². The highest BCUT2D eigenvalue weighted by Crippen LogP contribution is 2.39. The summed E-state index contributed by atoms with van der Waals surface area (Å²) in [5.41, 5.74) is 0.350. The van der Waals surface area contributed by atoms with Gasteiger partial charge in [-0.1, -0.05) is 0 Å². The predicted molar refractivity (Wildman–Crippen MR) is 80.3 cm³/mol. The molecular formula is C16H23N3O3. The minimum Gasteiger partial charge on any atom is -0.438 e. The summed E-state index contributed by atoms with van der Waals surface area (Å²) in [7, 11) is 0. The normalized spacial score (nSPS) is 28.4. The molecule has 0 N–H and O–H groups in total. The highest BCUT2D eigenvalue weighted by Gasteiger charge is 2.50. The van der Waals surface area contributed by atoms with Crippen molar-refractivity contribution in [1.29, 1.82) is 0 Å². The quantitative estimate of drug-likeness (QED) is 0.796. The average Bonchev–Trinajstić information content (AvgIpc) is 2.90. The van der Waals surface area contributed by atoms with Crippen molar-refractivity contribution in [2.75, 3.05) is 13.1 Å². The number of hydrogen-bond acceptors (Lipinski definition) is 4. The Bertz CT molecular complexity index is 597. The first-order chi connectivity index (χ1) is 10.4. The van der Waals surface area contributed by atoms with Gasteiger partial charge in [-0.25, -0.2) is 4.98 Å². The van der Waals surface area contributed by atoms with Crippen LogP contribution in [0.4, 0.5) is 0 Å². The van der Waals surface area contributed by atoms with Crippen LogP contribution in [-0.4, -0.2) is 51.3 Å². The van der Waals surface area contributed by atoms with Crippen molar-refractivity contribution < 1.29 is 14.0 Å². The molecule has 1 aromatic rings. The largest absolute Gasteiger partial charge is 0.438 e. The number of piperidine rings is 2. The van der Waals surface area contributed by atoms with Gasteiger partial charge in [0.2, 0.25) is 11.7 Å². The van der Waals surface area contributed by atoms with E-state index >= 15 is 0 Å². The first-order valence-electron chi connectivity index (χ1n) is 7.94. The minimum atomic E-state index is -0.272. The van der Waals surface area contributed by atoms with E-state index in [-0.39, 0.29) is 23.4 Å². The monoisotopic (exact) mass is 305 g/mol. The standard InChI is InChI=1S/C16H23N3O3/c1-11-14(22-10-17-11)15(21)18-8-5-7-16(3)13(18)6-4-9-19(16)12(2)20/h10,13H,4-9H2,1-3H3/t13-,16+/m1/s1. The number of aromatic nitrogens is 1. The van der Waals surface area contributed by atoms with Gasteiger partial charge in [-0.05, 0) is 39.5 Å². The Labute approximate surface area is 130 Å². The van der Waals surface area contributed by atoms with E-state index in [1.807, 2.05) is 9.80 Å². The van der Waals surface area contributed by atoms with E-state index in [0.717, 1.165) is 32.2 Å². The van der Waals surface area contributed by atoms with Gasteiger partial charge in [0.1, 0.15) is 0 Å². The minimum absolute atomic E-state index is 0.0518. The van der Waals surface area contributed by atoms with Crippen LogP contribution < -0.4 is 0 Å². The van der Waals surface area contributed by atoms with Gasteiger partial charge in [0.05, 0.1) is 17.3 Å². The van der Waals surface area contributed by atoms with Crippen LogP contribution in [0, 0.1) is 6.92 Å². The molecule has 2 amide bonds. The number of carbonyl (C=O) groups is 2. The molecule has 6 heteroatoms. The van der Waals surface area contributed by atoms with Crippen molar-refractivity contribution >= 4 is 11.8 Å². The zero-order chi connectivity index (χ0) is 15.9. The van der Waals surface area contributed by atoms with Crippen molar-refractivity contribution in [1.82, 2.24) is 14.8 Å². The van der Waals surface area contributed by atoms with E-state index in [1.54, 1.807) is 13.8 Å². The second-order valence-corrected chi connectivity index (χ2v) is 6.55. The van der Waals surface area contributed by atoms with Gasteiger partial charge >= 0.3 is 0 Å². The van der Waals surface area contributed by atoms with E-state index in [9.17, 15) is 9.59 Å². The molecule has 2 aliphatic heterocycles. The Morgan fingerprint density at radius 1 is 1.36 bits per heavy atom. The van der Waals surface area contributed by atoms with Gasteiger partial charge in [0.25, 0.3) is 5.91 Å². The van der Waals surface area contributed by atoms with Gasteiger partial charge in [0.15, 0.2) is 6.39 Å². The summed E-state index contributed by atoms with van der Waals surface area (Å²) in [6, 6.07) is 0.0518. The first-order valence-corrected chi connectivity index (χ1v) is 7.94. The van der Waals surface area contributed by atoms with Gasteiger partial charge in [-0.3, -0.25) is 9.59 Å². The molecule has 2 atom stereocenters. The molecule has 6 nitrogen and oxygen atoms in total. The van der Waals surface area contributed by atoms with Crippen LogP contribution in [0.25, 0.3) is 0 Å². The van der Waals surface area contributed by atoms with E-state index in [4.69, 9.17) is 4.42 Å². The lowest BCUT2D eigenvalue weighted by Gasteiger charge is -2.56. The molecule has 0 saturated carbocycles. The average molecular weight is 305 g/mol. The van der Waals surface area contributed by atoms with Gasteiger partial charge in [-0.2, -0.15) is 0 Å². The second kappa shape index (κ2) is 5.41. The summed E-state index contributed by atoms with van der Waals surface area (Å²) in [6.45, 7) is 7.01. The number of carbonyl (C=O) groups excluding carboxylic acids is 2. The number of amides is 2. The van der Waals surface area contributed by atoms with Crippen molar-refractivity contribution in [2.45, 2.75) is 58.0 Å². The zero-order valence-electron chi connectivity index (χ0n) is 13.5. The maximum Gasteiger partial charge on any atom is 0.291 e. The number of oxazole rings is 1. The SMILES string of the molecule is CC(=O)N1CCC[C@H]2N(C(=O)c3ocnc3C)CCC[C@@]21C. The highest BCUT2D eigenvalue weighted by atomic mass is 16.3. The molecule has 1 aromatic heterocycles. The molecule has 3 heterocycles. The number of rotatable bonds is 1. The number of aryl methyl sites for hydroxylation is 1. The van der Waals surface area contributed by atoms with E-state index in [2.05, 4.69) is 11.9 Å². The maximum atomic E-state index is 12.8. The Hall–Kier alpha value is -1.85. The summed E-state index contributed by atoms with van der Waals surface area (Å²) in [5.74, 6) is 0.317. The van der Waals surface area contributed by atoms with Crippen molar-refractivity contribution in [3.05, 3.63) is 17.8 Å². The molecule has 0 radical (unpaired) electrons. The van der Waals surface area contributed by atoms with Crippen LogP contribution in [-0.2, 0) is 4.79 Å². The zero-order valence-corrected chi connectivity index (χ0v) is 13.5. The highest BCUT2D eigenvalue weighted by molar-refractivity contribution is 5.93. The molecule has 2 saturated heterocycles. The second-order valence-electron chi connectivity index (χ2n) is 6.55. The molecule has 0 aromatic carbocycles. The molecule has 0 spiro atoms. The number of nitrogens with zero attached hydrogens (tertiary/aromatic N) is 3. The Balaban J connectivity index is 1.92. The molecular weight excluding hydrogens is 282 g/mol. The predicted octanol–water partition coefficient (Wildman–Crippen LogP) is 1.99. The fourth-order valence-corrected chi connectivity index (χ4v) is 4.14. The third-order valence-electron chi connectivity index (χ3n) is 5.23. The van der Waals surface area contributed by atoms with Crippen molar-refractivity contribution in [2.24, 2.45) is 0 Å². The maximum absolute atomic E-state index is 12.8. The van der Waals surface area contributed by atoms with Crippen LogP contribution >= 0.6 is 0 Å². The number of fused-ring (bicyclic) bond motifs is 1. The molecule has 0 aliphatic carbocycles. The topological polar surface area (TPSA) is 66.7 Å². The Morgan fingerprint density at radius 3 is 2.77 bits per heavy atom. The summed E-state index contributed by atoms with van der Waals surface area (Å²) in [6.07, 6.45) is 5.01. The number of likely N-dealkylation sites (tertiary alicyclic amines) is 2. The smallest absolute Gasteiger partial charge is 0.291 e. The van der Waals surface area contributed by atoms with Crippen LogP contribution in [0.3, 0.4) is 0 Å². The van der Waals surface area contributed by atoms with E-state index in [1.165, 1.54) is 6.39 Å². The molecule has 2 aliphatic rings. The van der Waals surface area contributed by atoms with Crippen molar-refractivity contribution in [3.8, 4) is 0 Å². The Morgan fingerprint density at radius 2 is 2.14 bits per heavy atom. The van der Waals surface area contributed by atoms with Crippen molar-refractivity contribution in [3.63, 3.8) is 0 Å². The molecule has 3 rings (SSSR count). The van der Waals surface area contributed by atoms with Crippen LogP contribution in [0.5, 0.6) is 0 Å². The lowest BCUT2D eigenvalue weighted by molar-refractivity contribution is -0.143. The lowest BCUT2D eigenvalue weighted by Crippen LogP contribution is -2.67. The van der Waals surface area contributed by atoms with Gasteiger partial charge in [0, 0.05) is 20.0 Å². The molecule has 0 bridgehead atoms. The third-order valence-corrected chi connectivity index (χ3v) is 5.23. The summed E-state index contributed by atoms with van der Waals surface area (Å²) in [5, 5.41) is 0. The van der Waals surface area contributed by atoms with Gasteiger partial charge in [-0.15, -0.1) is 0 Å². The van der Waals surface area contributed by atoms with Crippen LogP contribution in [0.1, 0.15) is 55.8 Å². The molecule has 22 heavy (non-hydrogen) atoms. The lowest BCUT2D eigenvalue weighted by atomic mass is 9.76. The fraction of sp³-hybridized carbons (Fsp3) is 0.688. The molecule has 2 fully saturated rings. The third kappa shape index (κ3) is 2.21.